The Labute approximate surface area is 210 Å². The molecule has 4 rings (SSSR count). The molecule has 2 aliphatic heterocycles. The van der Waals surface area contributed by atoms with Crippen molar-refractivity contribution in [2.45, 2.75) is 25.8 Å². The molecule has 0 aliphatic carbocycles. The summed E-state index contributed by atoms with van der Waals surface area (Å²) in [4.78, 5) is 43.3. The van der Waals surface area contributed by atoms with Gasteiger partial charge in [-0.25, -0.2) is 4.90 Å². The molecule has 0 saturated carbocycles. The van der Waals surface area contributed by atoms with Crippen LogP contribution in [0.4, 0.5) is 11.4 Å². The maximum absolute atomic E-state index is 13.1. The summed E-state index contributed by atoms with van der Waals surface area (Å²) in [7, 11) is 4.00. The zero-order chi connectivity index (χ0) is 25.1. The van der Waals surface area contributed by atoms with E-state index in [9.17, 15) is 14.4 Å². The van der Waals surface area contributed by atoms with Crippen molar-refractivity contribution in [3.8, 4) is 5.75 Å². The van der Waals surface area contributed by atoms with Gasteiger partial charge in [-0.1, -0.05) is 17.7 Å². The molecule has 184 valence electrons. The highest BCUT2D eigenvalue weighted by Gasteiger charge is 2.39. The number of carbonyl (C=O) groups excluding carboxylic acids is 3. The van der Waals surface area contributed by atoms with Crippen LogP contribution in [0.2, 0.25) is 0 Å². The van der Waals surface area contributed by atoms with Gasteiger partial charge in [-0.15, -0.1) is 0 Å². The summed E-state index contributed by atoms with van der Waals surface area (Å²) in [6.07, 6.45) is 1.93. The average Bonchev–Trinajstić information content (AvgIpc) is 3.07. The number of rotatable bonds is 7. The lowest BCUT2D eigenvalue weighted by molar-refractivity contribution is -0.885. The third kappa shape index (κ3) is 5.18. The van der Waals surface area contributed by atoms with Crippen LogP contribution in [0.5, 0.6) is 5.75 Å². The van der Waals surface area contributed by atoms with E-state index >= 15 is 0 Å². The van der Waals surface area contributed by atoms with Crippen LogP contribution in [0.3, 0.4) is 0 Å². The topological polar surface area (TPSA) is 83.4 Å². The first-order chi connectivity index (χ1) is 16.8. The molecule has 8 nitrogen and oxygen atoms in total. The minimum atomic E-state index is -0.611. The van der Waals surface area contributed by atoms with Gasteiger partial charge in [0.15, 0.2) is 0 Å². The molecule has 2 aromatic rings. The number of hydrogen-bond acceptors (Lipinski definition) is 5. The lowest BCUT2D eigenvalue weighted by Crippen LogP contribution is -3.10. The number of hydrogen-bond donors (Lipinski definition) is 2. The Bertz CT molecular complexity index is 1160. The summed E-state index contributed by atoms with van der Waals surface area (Å²) in [5.41, 5.74) is 1.37. The fraction of sp³-hybridized carbons (Fsp3) is 0.346. The highest BCUT2D eigenvalue weighted by atomic mass is 35.5. The van der Waals surface area contributed by atoms with Gasteiger partial charge in [-0.05, 0) is 49.4 Å². The Hall–Kier alpha value is -3.36. The number of nitrogens with one attached hydrogen (secondary N) is 2. The first kappa shape index (κ1) is 24.8. The molecule has 9 heteroatoms. The minimum absolute atomic E-state index is 0.0261. The Morgan fingerprint density at radius 3 is 2.49 bits per heavy atom. The Morgan fingerprint density at radius 1 is 1.14 bits per heavy atom. The molecule has 0 spiro atoms. The second-order valence-electron chi connectivity index (χ2n) is 8.87. The summed E-state index contributed by atoms with van der Waals surface area (Å²) in [6.45, 7) is 4.47. The maximum Gasteiger partial charge on any atom is 0.283 e. The largest absolute Gasteiger partial charge is 0.494 e. The summed E-state index contributed by atoms with van der Waals surface area (Å²) < 4.78 is 5.42. The summed E-state index contributed by atoms with van der Waals surface area (Å²) >= 11 is 6.27. The van der Waals surface area contributed by atoms with Gasteiger partial charge in [0.2, 0.25) is 0 Å². The molecular formula is C26H30ClN4O4+. The SMILES string of the molecule is CCOc1ccc(N2C(=O)C(Cl)=C(Nc3cccc(C(=O)N(C)C4CC[NH+](C)CC4)c3)C2=O)cc1. The number of halogens is 1. The number of carbonyl (C=O) groups is 3. The van der Waals surface area contributed by atoms with Crippen molar-refractivity contribution in [3.05, 3.63) is 64.8 Å². The fourth-order valence-corrected chi connectivity index (χ4v) is 4.64. The number of amides is 3. The third-order valence-corrected chi connectivity index (χ3v) is 6.84. The van der Waals surface area contributed by atoms with Crippen molar-refractivity contribution in [2.24, 2.45) is 0 Å². The van der Waals surface area contributed by atoms with Crippen LogP contribution in [-0.2, 0) is 9.59 Å². The molecule has 0 atom stereocenters. The maximum atomic E-state index is 13.1. The van der Waals surface area contributed by atoms with E-state index < -0.39 is 11.8 Å². The second kappa shape index (κ2) is 10.5. The van der Waals surface area contributed by atoms with Crippen molar-refractivity contribution >= 4 is 40.7 Å². The molecule has 0 unspecified atom stereocenters. The number of quaternary nitrogens is 1. The van der Waals surface area contributed by atoms with Crippen LogP contribution in [-0.4, -0.2) is 62.5 Å². The van der Waals surface area contributed by atoms with E-state index in [0.717, 1.165) is 30.8 Å². The van der Waals surface area contributed by atoms with E-state index in [2.05, 4.69) is 12.4 Å². The molecule has 2 aliphatic rings. The molecule has 1 fully saturated rings. The predicted octanol–water partition coefficient (Wildman–Crippen LogP) is 2.27. The molecule has 2 aromatic carbocycles. The normalized spacial score (nSPS) is 20.3. The van der Waals surface area contributed by atoms with Crippen molar-refractivity contribution in [1.29, 1.82) is 0 Å². The second-order valence-corrected chi connectivity index (χ2v) is 9.25. The van der Waals surface area contributed by atoms with Crippen LogP contribution < -0.4 is 19.9 Å². The first-order valence-corrected chi connectivity index (χ1v) is 12.1. The van der Waals surface area contributed by atoms with Gasteiger partial charge >= 0.3 is 0 Å². The van der Waals surface area contributed by atoms with E-state index in [1.165, 1.54) is 4.90 Å². The lowest BCUT2D eigenvalue weighted by Gasteiger charge is -2.33. The Morgan fingerprint density at radius 2 is 1.83 bits per heavy atom. The highest BCUT2D eigenvalue weighted by molar-refractivity contribution is 6.53. The van der Waals surface area contributed by atoms with E-state index in [0.29, 0.717) is 29.3 Å². The number of imide groups is 1. The highest BCUT2D eigenvalue weighted by Crippen LogP contribution is 2.31. The van der Waals surface area contributed by atoms with E-state index in [4.69, 9.17) is 16.3 Å². The number of piperidine rings is 1. The Kier molecular flexibility index (Phi) is 7.42. The molecule has 0 bridgehead atoms. The lowest BCUT2D eigenvalue weighted by atomic mass is 10.0. The van der Waals surface area contributed by atoms with Crippen molar-refractivity contribution in [2.75, 3.05) is 44.0 Å². The van der Waals surface area contributed by atoms with Crippen LogP contribution in [0.25, 0.3) is 0 Å². The van der Waals surface area contributed by atoms with Gasteiger partial charge in [0, 0.05) is 37.2 Å². The molecular weight excluding hydrogens is 468 g/mol. The summed E-state index contributed by atoms with van der Waals surface area (Å²) in [6, 6.07) is 13.7. The molecule has 2 heterocycles. The standard InChI is InChI=1S/C26H29ClN4O4/c1-4-35-21-10-8-20(9-11-21)31-25(33)22(27)23(26(31)34)28-18-7-5-6-17(16-18)24(32)30(3)19-12-14-29(2)15-13-19/h5-11,16,19,28H,4,12-15H2,1-3H3/p+1. The zero-order valence-electron chi connectivity index (χ0n) is 20.1. The number of benzene rings is 2. The first-order valence-electron chi connectivity index (χ1n) is 11.8. The number of anilines is 2. The van der Waals surface area contributed by atoms with Crippen LogP contribution >= 0.6 is 11.6 Å². The molecule has 3 amide bonds. The molecule has 0 aromatic heterocycles. The number of nitrogens with zero attached hydrogens (tertiary/aromatic N) is 2. The van der Waals surface area contributed by atoms with Gasteiger partial charge < -0.3 is 19.9 Å². The number of likely N-dealkylation sites (tertiary alicyclic amines) is 1. The van der Waals surface area contributed by atoms with Gasteiger partial charge in [0.05, 0.1) is 32.4 Å². The molecule has 35 heavy (non-hydrogen) atoms. The zero-order valence-corrected chi connectivity index (χ0v) is 20.9. The average molecular weight is 498 g/mol. The van der Waals surface area contributed by atoms with Crippen molar-refractivity contribution < 1.29 is 24.0 Å². The summed E-state index contributed by atoms with van der Waals surface area (Å²) in [5, 5.41) is 2.76. The fourth-order valence-electron chi connectivity index (χ4n) is 4.43. The van der Waals surface area contributed by atoms with Crippen molar-refractivity contribution in [1.82, 2.24) is 4.90 Å². The van der Waals surface area contributed by atoms with E-state index in [1.807, 2.05) is 14.0 Å². The monoisotopic (exact) mass is 497 g/mol. The van der Waals surface area contributed by atoms with Crippen LogP contribution in [0.15, 0.2) is 59.3 Å². The van der Waals surface area contributed by atoms with E-state index in [-0.39, 0.29) is 22.7 Å². The van der Waals surface area contributed by atoms with Gasteiger partial charge in [0.1, 0.15) is 16.5 Å². The van der Waals surface area contributed by atoms with Crippen LogP contribution in [0.1, 0.15) is 30.1 Å². The van der Waals surface area contributed by atoms with Gasteiger partial charge in [0.25, 0.3) is 17.7 Å². The van der Waals surface area contributed by atoms with Gasteiger partial charge in [-0.3, -0.25) is 14.4 Å². The quantitative estimate of drug-likeness (QED) is 0.573. The number of ether oxygens (including phenoxy) is 1. The van der Waals surface area contributed by atoms with E-state index in [1.54, 1.807) is 53.4 Å². The van der Waals surface area contributed by atoms with Gasteiger partial charge in [-0.2, -0.15) is 0 Å². The molecule has 0 radical (unpaired) electrons. The smallest absolute Gasteiger partial charge is 0.283 e. The Balaban J connectivity index is 1.49. The third-order valence-electron chi connectivity index (χ3n) is 6.49. The minimum Gasteiger partial charge on any atom is -0.494 e. The molecule has 2 N–H and O–H groups in total. The van der Waals surface area contributed by atoms with Crippen LogP contribution in [0, 0.1) is 0 Å². The molecule has 1 saturated heterocycles. The van der Waals surface area contributed by atoms with Crippen molar-refractivity contribution in [3.63, 3.8) is 0 Å². The predicted molar refractivity (Wildman–Crippen MR) is 135 cm³/mol. The summed E-state index contributed by atoms with van der Waals surface area (Å²) in [5.74, 6) is -0.615.